The van der Waals surface area contributed by atoms with Crippen LogP contribution < -0.4 is 0 Å². The van der Waals surface area contributed by atoms with Crippen molar-refractivity contribution < 1.29 is 13.2 Å². The van der Waals surface area contributed by atoms with Crippen molar-refractivity contribution in [3.63, 3.8) is 0 Å². The van der Waals surface area contributed by atoms with Crippen LogP contribution in [0.2, 0.25) is 0 Å². The van der Waals surface area contributed by atoms with Crippen molar-refractivity contribution in [2.24, 2.45) is 0 Å². The lowest BCUT2D eigenvalue weighted by Gasteiger charge is -2.41. The van der Waals surface area contributed by atoms with Crippen LogP contribution in [-0.2, 0) is 12.7 Å². The van der Waals surface area contributed by atoms with Crippen molar-refractivity contribution in [2.45, 2.75) is 32.2 Å². The van der Waals surface area contributed by atoms with E-state index in [1.165, 1.54) is 0 Å². The van der Waals surface area contributed by atoms with E-state index in [1.807, 2.05) is 37.2 Å². The van der Waals surface area contributed by atoms with Crippen LogP contribution in [0.4, 0.5) is 13.2 Å². The molecule has 0 fully saturated rings. The van der Waals surface area contributed by atoms with Crippen LogP contribution >= 0.6 is 0 Å². The molecule has 4 nitrogen and oxygen atoms in total. The van der Waals surface area contributed by atoms with Gasteiger partial charge in [0, 0.05) is 27.2 Å². The number of hydrogen-bond acceptors (Lipinski definition) is 4. The van der Waals surface area contributed by atoms with Crippen molar-refractivity contribution in [1.29, 1.82) is 0 Å². The Labute approximate surface area is 193 Å². The van der Waals surface area contributed by atoms with E-state index in [-0.39, 0.29) is 6.17 Å². The molecule has 2 aliphatic heterocycles. The summed E-state index contributed by atoms with van der Waals surface area (Å²) in [4.78, 5) is 8.48. The Kier molecular flexibility index (Phi) is 5.91. The van der Waals surface area contributed by atoms with Crippen LogP contribution in [0.25, 0.3) is 0 Å². The van der Waals surface area contributed by atoms with E-state index in [0.29, 0.717) is 6.54 Å². The van der Waals surface area contributed by atoms with E-state index in [4.69, 9.17) is 0 Å². The minimum Gasteiger partial charge on any atom is -0.338 e. The Morgan fingerprint density at radius 2 is 1.58 bits per heavy atom. The summed E-state index contributed by atoms with van der Waals surface area (Å²) < 4.78 is 39.5. The van der Waals surface area contributed by atoms with Gasteiger partial charge in [0.25, 0.3) is 0 Å². The fourth-order valence-electron chi connectivity index (χ4n) is 4.70. The van der Waals surface area contributed by atoms with E-state index in [1.54, 1.807) is 12.1 Å². The Bertz CT molecular complexity index is 1070. The molecule has 0 saturated heterocycles. The van der Waals surface area contributed by atoms with Crippen molar-refractivity contribution in [2.75, 3.05) is 20.6 Å². The summed E-state index contributed by atoms with van der Waals surface area (Å²) in [5, 5.41) is 0. The molecule has 0 N–H and O–H groups in total. The van der Waals surface area contributed by atoms with E-state index < -0.39 is 11.7 Å². The number of alkyl halides is 3. The van der Waals surface area contributed by atoms with Gasteiger partial charge in [0.2, 0.25) is 0 Å². The SMILES string of the molecule is C=C1C2=C(N(C)C(=C)N1CCC)N(C)C(c1ccc(C(F)(F)F)cc1)N2Cc1ccccc1. The Hall–Kier alpha value is -3.35. The Balaban J connectivity index is 1.80. The van der Waals surface area contributed by atoms with Crippen molar-refractivity contribution in [3.05, 3.63) is 107 Å². The average Bonchev–Trinajstić information content (AvgIpc) is 3.07. The van der Waals surface area contributed by atoms with Gasteiger partial charge in [0.1, 0.15) is 23.5 Å². The van der Waals surface area contributed by atoms with E-state index >= 15 is 0 Å². The first kappa shape index (κ1) is 22.8. The molecule has 2 aliphatic rings. The summed E-state index contributed by atoms with van der Waals surface area (Å²) in [6.07, 6.45) is -3.72. The van der Waals surface area contributed by atoms with Gasteiger partial charge in [-0.2, -0.15) is 13.2 Å². The minimum atomic E-state index is -4.37. The molecule has 1 atom stereocenters. The second kappa shape index (κ2) is 8.54. The fourth-order valence-corrected chi connectivity index (χ4v) is 4.70. The van der Waals surface area contributed by atoms with Crippen LogP contribution in [0.15, 0.2) is 90.8 Å². The Morgan fingerprint density at radius 1 is 0.939 bits per heavy atom. The Morgan fingerprint density at radius 3 is 2.15 bits per heavy atom. The smallest absolute Gasteiger partial charge is 0.338 e. The molecule has 0 saturated carbocycles. The molecule has 1 unspecified atom stereocenters. The topological polar surface area (TPSA) is 13.0 Å². The standard InChI is InChI=1S/C26H29F3N4/c1-6-16-32-18(2)23-25(30(4)19(32)3)31(5)24(33(23)17-20-10-8-7-9-11-20)21-12-14-22(15-13-21)26(27,28)29/h7-15,24H,2-3,6,16-17H2,1,4-5H3. The lowest BCUT2D eigenvalue weighted by atomic mass is 10.1. The minimum absolute atomic E-state index is 0.286. The molecule has 174 valence electrons. The zero-order valence-corrected chi connectivity index (χ0v) is 19.2. The van der Waals surface area contributed by atoms with Gasteiger partial charge in [-0.15, -0.1) is 0 Å². The monoisotopic (exact) mass is 454 g/mol. The zero-order valence-electron chi connectivity index (χ0n) is 19.2. The summed E-state index contributed by atoms with van der Waals surface area (Å²) in [6, 6.07) is 15.5. The summed E-state index contributed by atoms with van der Waals surface area (Å²) in [5.41, 5.74) is 3.06. The van der Waals surface area contributed by atoms with Gasteiger partial charge in [0.15, 0.2) is 0 Å². The third-order valence-corrected chi connectivity index (χ3v) is 6.29. The highest BCUT2D eigenvalue weighted by Gasteiger charge is 2.44. The summed E-state index contributed by atoms with van der Waals surface area (Å²) in [5.74, 6) is 1.78. The second-order valence-electron chi connectivity index (χ2n) is 8.46. The molecule has 2 aromatic carbocycles. The lowest BCUT2D eigenvalue weighted by Crippen LogP contribution is -2.40. The fraction of sp³-hybridized carbons (Fsp3) is 0.308. The van der Waals surface area contributed by atoms with E-state index in [2.05, 4.69) is 46.9 Å². The number of nitrogens with zero attached hydrogens (tertiary/aromatic N) is 4. The largest absolute Gasteiger partial charge is 0.416 e. The van der Waals surface area contributed by atoms with Crippen LogP contribution in [-0.4, -0.2) is 40.2 Å². The highest BCUT2D eigenvalue weighted by molar-refractivity contribution is 5.44. The maximum atomic E-state index is 13.2. The molecule has 0 amide bonds. The molecule has 0 spiro atoms. The van der Waals surface area contributed by atoms with Crippen LogP contribution in [0.1, 0.15) is 36.2 Å². The summed E-state index contributed by atoms with van der Waals surface area (Å²) >= 11 is 0. The normalized spacial score (nSPS) is 19.0. The van der Waals surface area contributed by atoms with E-state index in [0.717, 1.165) is 59.3 Å². The average molecular weight is 455 g/mol. The van der Waals surface area contributed by atoms with E-state index in [9.17, 15) is 13.2 Å². The molecule has 2 heterocycles. The highest BCUT2D eigenvalue weighted by Crippen LogP contribution is 2.47. The number of halogens is 3. The predicted molar refractivity (Wildman–Crippen MR) is 124 cm³/mol. The van der Waals surface area contributed by atoms with Crippen LogP contribution in [0, 0.1) is 0 Å². The third kappa shape index (κ3) is 3.96. The molecule has 0 aromatic heterocycles. The molecule has 0 aliphatic carbocycles. The molecular formula is C26H29F3N4. The quantitative estimate of drug-likeness (QED) is 0.552. The van der Waals surface area contributed by atoms with Crippen molar-refractivity contribution >= 4 is 0 Å². The molecule has 0 radical (unpaired) electrons. The molecular weight excluding hydrogens is 425 g/mol. The van der Waals surface area contributed by atoms with Gasteiger partial charge in [0.05, 0.1) is 11.3 Å². The van der Waals surface area contributed by atoms with Gasteiger partial charge in [-0.05, 0) is 29.7 Å². The van der Waals surface area contributed by atoms with Crippen molar-refractivity contribution in [1.82, 2.24) is 19.6 Å². The molecule has 33 heavy (non-hydrogen) atoms. The predicted octanol–water partition coefficient (Wildman–Crippen LogP) is 5.96. The van der Waals surface area contributed by atoms with Gasteiger partial charge < -0.3 is 19.6 Å². The lowest BCUT2D eigenvalue weighted by molar-refractivity contribution is -0.137. The first-order valence-corrected chi connectivity index (χ1v) is 11.0. The third-order valence-electron chi connectivity index (χ3n) is 6.29. The highest BCUT2D eigenvalue weighted by atomic mass is 19.4. The summed E-state index contributed by atoms with van der Waals surface area (Å²) in [7, 11) is 3.94. The van der Waals surface area contributed by atoms with Crippen LogP contribution in [0.3, 0.4) is 0 Å². The van der Waals surface area contributed by atoms with Gasteiger partial charge in [-0.25, -0.2) is 0 Å². The van der Waals surface area contributed by atoms with Gasteiger partial charge >= 0.3 is 6.18 Å². The molecule has 7 heteroatoms. The summed E-state index contributed by atoms with van der Waals surface area (Å²) in [6.45, 7) is 12.2. The maximum absolute atomic E-state index is 13.2. The zero-order chi connectivity index (χ0) is 23.9. The molecule has 0 bridgehead atoms. The van der Waals surface area contributed by atoms with Crippen LogP contribution in [0.5, 0.6) is 0 Å². The first-order valence-electron chi connectivity index (χ1n) is 11.0. The van der Waals surface area contributed by atoms with Crippen molar-refractivity contribution in [3.8, 4) is 0 Å². The number of rotatable bonds is 5. The first-order chi connectivity index (χ1) is 15.6. The number of benzene rings is 2. The van der Waals surface area contributed by atoms with Gasteiger partial charge in [-0.3, -0.25) is 0 Å². The maximum Gasteiger partial charge on any atom is 0.416 e. The number of hydrogen-bond donors (Lipinski definition) is 0. The second-order valence-corrected chi connectivity index (χ2v) is 8.46. The molecule has 4 rings (SSSR count). The molecule has 2 aromatic rings. The van der Waals surface area contributed by atoms with Gasteiger partial charge in [-0.1, -0.05) is 62.5 Å².